The molecule has 1 saturated heterocycles. The third-order valence-electron chi connectivity index (χ3n) is 3.83. The topological polar surface area (TPSA) is 61.8 Å². The van der Waals surface area contributed by atoms with Crippen molar-refractivity contribution in [2.24, 2.45) is 5.41 Å². The molecule has 5 heteroatoms. The van der Waals surface area contributed by atoms with Crippen molar-refractivity contribution < 1.29 is 23.8 Å². The Hall–Kier alpha value is -1.78. The number of hydrogen-bond acceptors (Lipinski definition) is 5. The van der Waals surface area contributed by atoms with Gasteiger partial charge >= 0.3 is 11.9 Å². The first-order valence-electron chi connectivity index (χ1n) is 6.28. The summed E-state index contributed by atoms with van der Waals surface area (Å²) in [6.45, 7) is 3.69. The summed E-state index contributed by atoms with van der Waals surface area (Å²) in [4.78, 5) is 24.0. The fraction of sp³-hybridized carbons (Fsp3) is 0.571. The normalized spacial score (nSPS) is 29.3. The van der Waals surface area contributed by atoms with Gasteiger partial charge in [0.15, 0.2) is 0 Å². The summed E-state index contributed by atoms with van der Waals surface area (Å²) >= 11 is 0. The Kier molecular flexibility index (Phi) is 3.64. The number of fused-ring (bicyclic) bond motifs is 1. The average Bonchev–Trinajstić information content (AvgIpc) is 2.85. The van der Waals surface area contributed by atoms with Gasteiger partial charge in [-0.25, -0.2) is 4.79 Å². The summed E-state index contributed by atoms with van der Waals surface area (Å²) in [6, 6.07) is 0. The summed E-state index contributed by atoms with van der Waals surface area (Å²) in [7, 11) is 2.67. The van der Waals surface area contributed by atoms with Crippen molar-refractivity contribution in [2.45, 2.75) is 31.8 Å². The van der Waals surface area contributed by atoms with E-state index in [0.29, 0.717) is 30.6 Å². The second-order valence-electron chi connectivity index (χ2n) is 4.82. The molecule has 2 rings (SSSR count). The molecule has 0 bridgehead atoms. The van der Waals surface area contributed by atoms with Crippen molar-refractivity contribution in [1.29, 1.82) is 0 Å². The molecule has 0 unspecified atom stereocenters. The molecule has 1 aliphatic carbocycles. The lowest BCUT2D eigenvalue weighted by atomic mass is 9.73. The molecule has 1 heterocycles. The Morgan fingerprint density at radius 2 is 2.16 bits per heavy atom. The van der Waals surface area contributed by atoms with E-state index in [4.69, 9.17) is 14.2 Å². The molecule has 0 amide bonds. The van der Waals surface area contributed by atoms with Crippen LogP contribution in [0.15, 0.2) is 24.0 Å². The largest absolute Gasteiger partial charge is 0.489 e. The molecule has 0 aromatic heterocycles. The van der Waals surface area contributed by atoms with Gasteiger partial charge in [-0.15, -0.1) is 0 Å². The lowest BCUT2D eigenvalue weighted by Gasteiger charge is -2.30. The molecular formula is C14H18O5. The fourth-order valence-electron chi connectivity index (χ4n) is 2.92. The number of carbonyl (C=O) groups is 2. The van der Waals surface area contributed by atoms with Gasteiger partial charge in [0, 0.05) is 6.42 Å². The van der Waals surface area contributed by atoms with E-state index in [1.807, 2.05) is 0 Å². The van der Waals surface area contributed by atoms with Crippen LogP contribution in [0.2, 0.25) is 0 Å². The van der Waals surface area contributed by atoms with E-state index < -0.39 is 11.4 Å². The minimum absolute atomic E-state index is 0.271. The first kappa shape index (κ1) is 13.6. The van der Waals surface area contributed by atoms with Crippen LogP contribution in [0.5, 0.6) is 0 Å². The van der Waals surface area contributed by atoms with Gasteiger partial charge in [0.25, 0.3) is 0 Å². The predicted octanol–water partition coefficient (Wildman–Crippen LogP) is 1.73. The van der Waals surface area contributed by atoms with E-state index in [9.17, 15) is 9.59 Å². The van der Waals surface area contributed by atoms with Crippen molar-refractivity contribution in [3.8, 4) is 0 Å². The molecule has 0 saturated carbocycles. The Bertz CT molecular complexity index is 451. The number of ether oxygens (including phenoxy) is 3. The first-order valence-corrected chi connectivity index (χ1v) is 6.28. The Morgan fingerprint density at radius 3 is 2.74 bits per heavy atom. The Balaban J connectivity index is 2.51. The maximum absolute atomic E-state index is 12.2. The van der Waals surface area contributed by atoms with E-state index in [2.05, 4.69) is 6.58 Å². The van der Waals surface area contributed by atoms with Crippen LogP contribution in [0.1, 0.15) is 25.7 Å². The smallest absolute Gasteiger partial charge is 0.337 e. The van der Waals surface area contributed by atoms with Crippen LogP contribution in [0.4, 0.5) is 0 Å². The molecule has 104 valence electrons. The van der Waals surface area contributed by atoms with Gasteiger partial charge in [-0.3, -0.25) is 4.79 Å². The van der Waals surface area contributed by atoms with Crippen molar-refractivity contribution in [3.63, 3.8) is 0 Å². The molecule has 5 nitrogen and oxygen atoms in total. The SMILES string of the molecule is C=C[C@H]1C[C@@]2(C(=O)OC)CCCC(C(=O)OC)=C2O1. The number of rotatable bonds is 3. The van der Waals surface area contributed by atoms with E-state index in [1.54, 1.807) is 6.08 Å². The molecule has 0 aromatic carbocycles. The van der Waals surface area contributed by atoms with Gasteiger partial charge < -0.3 is 14.2 Å². The van der Waals surface area contributed by atoms with Crippen LogP contribution >= 0.6 is 0 Å². The van der Waals surface area contributed by atoms with Gasteiger partial charge in [0.1, 0.15) is 17.3 Å². The standard InChI is InChI=1S/C14H18O5/c1-4-9-8-14(13(16)18-3)7-5-6-10(11(14)19-9)12(15)17-2/h4,9H,1,5-8H2,2-3H3/t9-,14-/m0/s1. The molecule has 1 fully saturated rings. The molecule has 19 heavy (non-hydrogen) atoms. The minimum atomic E-state index is -0.852. The maximum atomic E-state index is 12.2. The second-order valence-corrected chi connectivity index (χ2v) is 4.82. The van der Waals surface area contributed by atoms with Gasteiger partial charge in [-0.1, -0.05) is 12.7 Å². The third kappa shape index (κ3) is 2.03. The van der Waals surface area contributed by atoms with Crippen LogP contribution in [-0.2, 0) is 23.8 Å². The van der Waals surface area contributed by atoms with E-state index >= 15 is 0 Å². The van der Waals surface area contributed by atoms with Crippen molar-refractivity contribution in [3.05, 3.63) is 24.0 Å². The molecule has 0 radical (unpaired) electrons. The molecule has 1 aliphatic heterocycles. The van der Waals surface area contributed by atoms with Crippen LogP contribution in [0.3, 0.4) is 0 Å². The zero-order valence-corrected chi connectivity index (χ0v) is 11.2. The second kappa shape index (κ2) is 5.07. The van der Waals surface area contributed by atoms with Crippen molar-refractivity contribution in [2.75, 3.05) is 14.2 Å². The summed E-state index contributed by atoms with van der Waals surface area (Å²) in [5.74, 6) is -0.372. The minimum Gasteiger partial charge on any atom is -0.489 e. The lowest BCUT2D eigenvalue weighted by molar-refractivity contribution is -0.151. The molecule has 0 aromatic rings. The summed E-state index contributed by atoms with van der Waals surface area (Å²) < 4.78 is 15.4. The summed E-state index contributed by atoms with van der Waals surface area (Å²) in [6.07, 6.45) is 3.76. The van der Waals surface area contributed by atoms with Crippen LogP contribution < -0.4 is 0 Å². The predicted molar refractivity (Wildman–Crippen MR) is 67.0 cm³/mol. The highest BCUT2D eigenvalue weighted by molar-refractivity contribution is 5.92. The zero-order valence-electron chi connectivity index (χ0n) is 11.2. The van der Waals surface area contributed by atoms with Gasteiger partial charge in [0.2, 0.25) is 0 Å². The monoisotopic (exact) mass is 266 g/mol. The van der Waals surface area contributed by atoms with Gasteiger partial charge in [-0.2, -0.15) is 0 Å². The lowest BCUT2D eigenvalue weighted by Crippen LogP contribution is -2.35. The molecule has 2 aliphatic rings. The molecular weight excluding hydrogens is 248 g/mol. The number of hydrogen-bond donors (Lipinski definition) is 0. The average molecular weight is 266 g/mol. The number of carbonyl (C=O) groups excluding carboxylic acids is 2. The maximum Gasteiger partial charge on any atom is 0.337 e. The van der Waals surface area contributed by atoms with Crippen LogP contribution in [0.25, 0.3) is 0 Å². The summed E-state index contributed by atoms with van der Waals surface area (Å²) in [5.41, 5.74) is -0.404. The van der Waals surface area contributed by atoms with Gasteiger partial charge in [-0.05, 0) is 19.3 Å². The highest BCUT2D eigenvalue weighted by Crippen LogP contribution is 2.51. The molecule has 0 N–H and O–H groups in total. The van der Waals surface area contributed by atoms with Crippen LogP contribution in [0, 0.1) is 5.41 Å². The quantitative estimate of drug-likeness (QED) is 0.575. The molecule has 2 atom stereocenters. The Morgan fingerprint density at radius 1 is 1.42 bits per heavy atom. The van der Waals surface area contributed by atoms with E-state index in [0.717, 1.165) is 6.42 Å². The van der Waals surface area contributed by atoms with E-state index in [1.165, 1.54) is 14.2 Å². The highest BCUT2D eigenvalue weighted by atomic mass is 16.5. The van der Waals surface area contributed by atoms with E-state index in [-0.39, 0.29) is 12.1 Å². The van der Waals surface area contributed by atoms with Crippen molar-refractivity contribution >= 4 is 11.9 Å². The van der Waals surface area contributed by atoms with Crippen LogP contribution in [-0.4, -0.2) is 32.3 Å². The number of esters is 2. The highest BCUT2D eigenvalue weighted by Gasteiger charge is 2.55. The van der Waals surface area contributed by atoms with Crippen molar-refractivity contribution in [1.82, 2.24) is 0 Å². The van der Waals surface area contributed by atoms with Gasteiger partial charge in [0.05, 0.1) is 19.8 Å². The Labute approximate surface area is 112 Å². The summed E-state index contributed by atoms with van der Waals surface area (Å²) in [5, 5.41) is 0. The third-order valence-corrected chi connectivity index (χ3v) is 3.83. The zero-order chi connectivity index (χ0) is 14.0. The number of methoxy groups -OCH3 is 2. The fourth-order valence-corrected chi connectivity index (χ4v) is 2.92. The molecule has 0 spiro atoms. The first-order chi connectivity index (χ1) is 9.08.